The molecule has 1 N–H and O–H groups in total. The molecule has 5 rings (SSSR count). The van der Waals surface area contributed by atoms with Gasteiger partial charge >= 0.3 is 6.18 Å². The minimum absolute atomic E-state index is 0.0298. The van der Waals surface area contributed by atoms with Gasteiger partial charge in [-0.15, -0.1) is 0 Å². The molecular weight excluding hydrogens is 493 g/mol. The van der Waals surface area contributed by atoms with Gasteiger partial charge < -0.3 is 9.64 Å². The van der Waals surface area contributed by atoms with Crippen LogP contribution in [0.25, 0.3) is 27.6 Å². The third-order valence-corrected chi connectivity index (χ3v) is 7.64. The molecule has 2 atom stereocenters. The van der Waals surface area contributed by atoms with Crippen LogP contribution >= 0.6 is 11.3 Å². The number of rotatable bonds is 6. The molecule has 0 spiro atoms. The van der Waals surface area contributed by atoms with E-state index in [0.29, 0.717) is 28.0 Å². The van der Waals surface area contributed by atoms with Crippen molar-refractivity contribution in [1.29, 1.82) is 0 Å². The zero-order chi connectivity index (χ0) is 25.6. The Bertz CT molecular complexity index is 1360. The summed E-state index contributed by atoms with van der Waals surface area (Å²) in [5.41, 5.74) is 1.37. The van der Waals surface area contributed by atoms with Crippen molar-refractivity contribution in [2.45, 2.75) is 45.5 Å². The predicted octanol–water partition coefficient (Wildman–Crippen LogP) is 4.28. The van der Waals surface area contributed by atoms with Gasteiger partial charge in [0.05, 0.1) is 31.1 Å². The van der Waals surface area contributed by atoms with Gasteiger partial charge in [0.15, 0.2) is 11.4 Å². The van der Waals surface area contributed by atoms with Crippen molar-refractivity contribution < 1.29 is 17.9 Å². The number of likely N-dealkylation sites (N-methyl/N-ethyl adjacent to an activating group) is 1. The molecule has 4 aromatic rings. The number of anilines is 1. The second-order valence-electron chi connectivity index (χ2n) is 8.98. The monoisotopic (exact) mass is 520 g/mol. The Hall–Kier alpha value is -3.19. The van der Waals surface area contributed by atoms with E-state index >= 15 is 0 Å². The molecule has 1 aliphatic rings. The SMILES string of the molecule is CCN1C[C@@H](C)N(c2cnc(-c3[nH]nc(-c4cc(OC)c5ncnn5c4)c3CC(F)(F)F)s2)C[C@@H]1C. The van der Waals surface area contributed by atoms with Crippen molar-refractivity contribution in [3.8, 4) is 27.7 Å². The van der Waals surface area contributed by atoms with Crippen LogP contribution in [0.3, 0.4) is 0 Å². The number of aromatic amines is 1. The number of hydrogen-bond acceptors (Lipinski definition) is 8. The van der Waals surface area contributed by atoms with Crippen LogP contribution in [0.4, 0.5) is 18.2 Å². The summed E-state index contributed by atoms with van der Waals surface area (Å²) in [6.45, 7) is 9.23. The van der Waals surface area contributed by atoms with Gasteiger partial charge in [-0.2, -0.15) is 23.4 Å². The molecule has 0 aliphatic carbocycles. The van der Waals surface area contributed by atoms with Crippen molar-refractivity contribution in [3.05, 3.63) is 30.4 Å². The first-order chi connectivity index (χ1) is 17.2. The lowest BCUT2D eigenvalue weighted by molar-refractivity contribution is -0.127. The highest BCUT2D eigenvalue weighted by Gasteiger charge is 2.34. The number of piperazine rings is 1. The van der Waals surface area contributed by atoms with E-state index < -0.39 is 12.6 Å². The summed E-state index contributed by atoms with van der Waals surface area (Å²) in [6, 6.07) is 2.26. The number of nitrogens with zero attached hydrogens (tertiary/aromatic N) is 7. The van der Waals surface area contributed by atoms with E-state index in [1.165, 1.54) is 29.3 Å². The van der Waals surface area contributed by atoms with Gasteiger partial charge in [-0.25, -0.2) is 14.5 Å². The smallest absolute Gasteiger partial charge is 0.393 e. The van der Waals surface area contributed by atoms with Crippen LogP contribution < -0.4 is 9.64 Å². The zero-order valence-electron chi connectivity index (χ0n) is 20.4. The van der Waals surface area contributed by atoms with Crippen LogP contribution in [0.5, 0.6) is 5.75 Å². The van der Waals surface area contributed by atoms with E-state index in [4.69, 9.17) is 4.74 Å². The minimum atomic E-state index is -4.44. The first-order valence-corrected chi connectivity index (χ1v) is 12.5. The van der Waals surface area contributed by atoms with E-state index in [9.17, 15) is 13.2 Å². The van der Waals surface area contributed by atoms with Gasteiger partial charge in [0.2, 0.25) is 0 Å². The Kier molecular flexibility index (Phi) is 6.37. The summed E-state index contributed by atoms with van der Waals surface area (Å²) in [7, 11) is 1.47. The summed E-state index contributed by atoms with van der Waals surface area (Å²) in [5.74, 6) is 0.387. The van der Waals surface area contributed by atoms with Crippen LogP contribution in [0.2, 0.25) is 0 Å². The summed E-state index contributed by atoms with van der Waals surface area (Å²) >= 11 is 1.37. The summed E-state index contributed by atoms with van der Waals surface area (Å²) in [6.07, 6.45) is -0.895. The number of ether oxygens (including phenoxy) is 1. The Morgan fingerprint density at radius 2 is 2.00 bits per heavy atom. The molecule has 0 aromatic carbocycles. The highest BCUT2D eigenvalue weighted by Crippen LogP contribution is 2.40. The third kappa shape index (κ3) is 4.52. The number of alkyl halides is 3. The minimum Gasteiger partial charge on any atom is -0.493 e. The fourth-order valence-corrected chi connectivity index (χ4v) is 5.84. The first kappa shape index (κ1) is 24.5. The second kappa shape index (κ2) is 9.36. The highest BCUT2D eigenvalue weighted by molar-refractivity contribution is 7.18. The maximum atomic E-state index is 13.7. The molecule has 0 amide bonds. The molecule has 4 aromatic heterocycles. The Balaban J connectivity index is 1.54. The standard InChI is InChI=1S/C23H27F3N8OS/c1-5-32-9-14(3)33(10-13(32)2)18-8-27-22(36-18)20-16(7-23(24,25)26)19(30-31-20)15-6-17(35-4)21-28-12-29-34(21)11-15/h6,8,11-14H,5,7,9-10H2,1-4H3,(H,30,31)/t13-,14+/m0/s1. The number of methoxy groups -OCH3 is 1. The predicted molar refractivity (Wildman–Crippen MR) is 132 cm³/mol. The number of nitrogens with one attached hydrogen (secondary N) is 1. The highest BCUT2D eigenvalue weighted by atomic mass is 32.1. The van der Waals surface area contributed by atoms with E-state index in [0.717, 1.165) is 24.6 Å². The number of hydrogen-bond donors (Lipinski definition) is 1. The van der Waals surface area contributed by atoms with Crippen molar-refractivity contribution >= 4 is 22.0 Å². The summed E-state index contributed by atoms with van der Waals surface area (Å²) in [4.78, 5) is 13.3. The second-order valence-corrected chi connectivity index (χ2v) is 9.99. The number of H-pyrrole nitrogens is 1. The van der Waals surface area contributed by atoms with Crippen molar-refractivity contribution in [3.63, 3.8) is 0 Å². The van der Waals surface area contributed by atoms with Gasteiger partial charge in [0, 0.05) is 42.5 Å². The maximum Gasteiger partial charge on any atom is 0.393 e. The van der Waals surface area contributed by atoms with E-state index in [2.05, 4.69) is 55.8 Å². The molecule has 13 heteroatoms. The normalized spacial score (nSPS) is 19.4. The average Bonchev–Trinajstić information content (AvgIpc) is 3.58. The van der Waals surface area contributed by atoms with Crippen LogP contribution in [0, 0.1) is 0 Å². The number of fused-ring (bicyclic) bond motifs is 1. The Labute approximate surface area is 209 Å². The topological polar surface area (TPSA) is 87.5 Å². The lowest BCUT2D eigenvalue weighted by Crippen LogP contribution is -2.56. The van der Waals surface area contributed by atoms with Gasteiger partial charge in [0.25, 0.3) is 0 Å². The molecule has 1 aliphatic heterocycles. The quantitative estimate of drug-likeness (QED) is 0.406. The summed E-state index contributed by atoms with van der Waals surface area (Å²) in [5, 5.41) is 12.6. The fourth-order valence-electron chi connectivity index (χ4n) is 4.79. The average molecular weight is 521 g/mol. The molecule has 1 fully saturated rings. The molecule has 0 saturated carbocycles. The third-order valence-electron chi connectivity index (χ3n) is 6.59. The molecule has 192 valence electrons. The fraction of sp³-hybridized carbons (Fsp3) is 0.478. The van der Waals surface area contributed by atoms with Gasteiger partial charge in [0.1, 0.15) is 16.3 Å². The lowest BCUT2D eigenvalue weighted by atomic mass is 10.0. The molecule has 9 nitrogen and oxygen atoms in total. The maximum absolute atomic E-state index is 13.7. The Morgan fingerprint density at radius 3 is 2.72 bits per heavy atom. The number of thiazole rings is 1. The van der Waals surface area contributed by atoms with Crippen LogP contribution in [-0.4, -0.2) is 79.7 Å². The van der Waals surface area contributed by atoms with Crippen molar-refractivity contribution in [2.24, 2.45) is 0 Å². The van der Waals surface area contributed by atoms with Crippen molar-refractivity contribution in [2.75, 3.05) is 31.6 Å². The van der Waals surface area contributed by atoms with Gasteiger partial charge in [-0.3, -0.25) is 10.00 Å². The number of halogens is 3. The van der Waals surface area contributed by atoms with Crippen LogP contribution in [0.1, 0.15) is 26.3 Å². The molecule has 0 bridgehead atoms. The van der Waals surface area contributed by atoms with Crippen molar-refractivity contribution in [1.82, 2.24) is 34.7 Å². The van der Waals surface area contributed by atoms with Gasteiger partial charge in [-0.1, -0.05) is 18.3 Å². The van der Waals surface area contributed by atoms with E-state index in [-0.39, 0.29) is 23.0 Å². The van der Waals surface area contributed by atoms with Crippen LogP contribution in [0.15, 0.2) is 24.8 Å². The largest absolute Gasteiger partial charge is 0.493 e. The number of aromatic nitrogens is 6. The molecule has 36 heavy (non-hydrogen) atoms. The van der Waals surface area contributed by atoms with Gasteiger partial charge in [-0.05, 0) is 26.5 Å². The Morgan fingerprint density at radius 1 is 1.19 bits per heavy atom. The molecule has 1 saturated heterocycles. The van der Waals surface area contributed by atoms with Crippen LogP contribution in [-0.2, 0) is 6.42 Å². The molecule has 5 heterocycles. The molecule has 0 unspecified atom stereocenters. The lowest BCUT2D eigenvalue weighted by Gasteiger charge is -2.44. The zero-order valence-corrected chi connectivity index (χ0v) is 21.2. The summed E-state index contributed by atoms with van der Waals surface area (Å²) < 4.78 is 47.9. The van der Waals surface area contributed by atoms with E-state index in [1.54, 1.807) is 18.5 Å². The first-order valence-electron chi connectivity index (χ1n) is 11.7. The molecular formula is C23H27F3N8OS. The molecule has 0 radical (unpaired) electrons. The number of pyridine rings is 1. The van der Waals surface area contributed by atoms with E-state index in [1.807, 2.05) is 0 Å².